The van der Waals surface area contributed by atoms with Gasteiger partial charge in [0.2, 0.25) is 11.9 Å². The molecule has 0 saturated carbocycles. The van der Waals surface area contributed by atoms with E-state index in [0.29, 0.717) is 40.6 Å². The summed E-state index contributed by atoms with van der Waals surface area (Å²) in [6, 6.07) is 11.2. The second-order valence-corrected chi connectivity index (χ2v) is 8.44. The number of ether oxygens (including phenoxy) is 2. The summed E-state index contributed by atoms with van der Waals surface area (Å²) in [5, 5.41) is 8.40. The van der Waals surface area contributed by atoms with Crippen LogP contribution in [0.5, 0.6) is 11.5 Å². The number of pyridine rings is 1. The summed E-state index contributed by atoms with van der Waals surface area (Å²) in [5.41, 5.74) is 2.24. The largest absolute Gasteiger partial charge is 0.494 e. The van der Waals surface area contributed by atoms with E-state index in [9.17, 15) is 4.39 Å². The molecule has 1 fully saturated rings. The maximum atomic E-state index is 12.5. The molecule has 1 saturated heterocycles. The van der Waals surface area contributed by atoms with Crippen molar-refractivity contribution in [1.82, 2.24) is 29.7 Å². The van der Waals surface area contributed by atoms with Gasteiger partial charge in [0, 0.05) is 18.8 Å². The van der Waals surface area contributed by atoms with Crippen LogP contribution < -0.4 is 19.1 Å². The predicted octanol–water partition coefficient (Wildman–Crippen LogP) is 4.52. The van der Waals surface area contributed by atoms with Gasteiger partial charge in [0.1, 0.15) is 22.9 Å². The van der Waals surface area contributed by atoms with Crippen molar-refractivity contribution in [3.63, 3.8) is 0 Å². The van der Waals surface area contributed by atoms with Crippen molar-refractivity contribution in [2.75, 3.05) is 36.9 Å². The molecule has 4 aromatic rings. The Labute approximate surface area is 220 Å². The first-order valence-corrected chi connectivity index (χ1v) is 12.2. The number of thiol groups is 1. The molecule has 0 atom stereocenters. The minimum Gasteiger partial charge on any atom is -0.494 e. The van der Waals surface area contributed by atoms with Gasteiger partial charge in [-0.2, -0.15) is 0 Å². The zero-order valence-corrected chi connectivity index (χ0v) is 21.8. The molecular weight excluding hydrogens is 495 g/mol. The Balaban J connectivity index is 0.000000207. The van der Waals surface area contributed by atoms with Crippen molar-refractivity contribution in [2.45, 2.75) is 26.2 Å². The highest BCUT2D eigenvalue weighted by Crippen LogP contribution is 2.37. The fourth-order valence-corrected chi connectivity index (χ4v) is 4.16. The van der Waals surface area contributed by atoms with Gasteiger partial charge in [-0.15, -0.1) is 10.2 Å². The molecule has 0 radical (unpaired) electrons. The molecule has 194 valence electrons. The lowest BCUT2D eigenvalue weighted by Gasteiger charge is -2.26. The number of aromatic nitrogens is 6. The lowest BCUT2D eigenvalue weighted by molar-refractivity contribution is 0.391. The summed E-state index contributed by atoms with van der Waals surface area (Å²) in [5.74, 6) is 2.50. The van der Waals surface area contributed by atoms with Gasteiger partial charge in [0.15, 0.2) is 11.6 Å². The van der Waals surface area contributed by atoms with Crippen molar-refractivity contribution >= 4 is 24.7 Å². The number of hydrogen-bond acceptors (Lipinski definition) is 10. The molecule has 10 nitrogen and oxygen atoms in total. The topological polar surface area (TPSA) is 103 Å². The smallest absolute Gasteiger partial charge is 0.239 e. The average molecular weight is 525 g/mol. The number of nitrogens with one attached hydrogen (secondary N) is 1. The van der Waals surface area contributed by atoms with Crippen LogP contribution in [0.2, 0.25) is 0 Å². The Morgan fingerprint density at radius 2 is 1.57 bits per heavy atom. The van der Waals surface area contributed by atoms with Crippen LogP contribution in [-0.2, 0) is 0 Å². The van der Waals surface area contributed by atoms with E-state index in [1.165, 1.54) is 31.7 Å². The summed E-state index contributed by atoms with van der Waals surface area (Å²) in [7, 11) is 3.20. The molecule has 1 aromatic carbocycles. The normalized spacial score (nSPS) is 12.9. The predicted molar refractivity (Wildman–Crippen MR) is 143 cm³/mol. The van der Waals surface area contributed by atoms with E-state index in [1.807, 2.05) is 43.3 Å². The molecule has 3 aromatic heterocycles. The second-order valence-electron chi connectivity index (χ2n) is 8.22. The highest BCUT2D eigenvalue weighted by molar-refractivity contribution is 7.81. The lowest BCUT2D eigenvalue weighted by Crippen LogP contribution is -2.30. The molecular formula is C25H29FN8O2S. The highest BCUT2D eigenvalue weighted by atomic mass is 32.1. The van der Waals surface area contributed by atoms with E-state index in [4.69, 9.17) is 9.47 Å². The van der Waals surface area contributed by atoms with Crippen LogP contribution in [0.25, 0.3) is 17.2 Å². The van der Waals surface area contributed by atoms with Crippen molar-refractivity contribution < 1.29 is 13.9 Å². The van der Waals surface area contributed by atoms with Crippen LogP contribution >= 0.6 is 12.8 Å². The van der Waals surface area contributed by atoms with Gasteiger partial charge in [-0.3, -0.25) is 4.57 Å². The number of piperidine rings is 1. The molecule has 0 spiro atoms. The molecule has 1 aliphatic rings. The van der Waals surface area contributed by atoms with Gasteiger partial charge < -0.3 is 19.1 Å². The summed E-state index contributed by atoms with van der Waals surface area (Å²) in [6.07, 6.45) is 6.08. The number of nitrogens with zero attached hydrogens (tertiary/aromatic N) is 7. The maximum Gasteiger partial charge on any atom is 0.239 e. The first-order valence-electron chi connectivity index (χ1n) is 11.8. The van der Waals surface area contributed by atoms with Gasteiger partial charge >= 0.3 is 0 Å². The van der Waals surface area contributed by atoms with Crippen LogP contribution in [-0.4, -0.2) is 57.0 Å². The molecule has 0 aliphatic carbocycles. The molecule has 0 unspecified atom stereocenters. The molecule has 4 heterocycles. The van der Waals surface area contributed by atoms with Crippen LogP contribution in [0.1, 0.15) is 25.0 Å². The number of halogens is 1. The van der Waals surface area contributed by atoms with Crippen molar-refractivity contribution in [3.05, 3.63) is 60.3 Å². The zero-order valence-electron chi connectivity index (χ0n) is 20.9. The van der Waals surface area contributed by atoms with Crippen molar-refractivity contribution in [1.29, 1.82) is 0 Å². The average Bonchev–Trinajstić information content (AvgIpc) is 3.37. The van der Waals surface area contributed by atoms with E-state index in [1.54, 1.807) is 18.8 Å². The van der Waals surface area contributed by atoms with Crippen molar-refractivity contribution in [2.24, 2.45) is 0 Å². The third-order valence-electron chi connectivity index (χ3n) is 5.75. The Morgan fingerprint density at radius 1 is 0.919 bits per heavy atom. The third-order valence-corrected chi connectivity index (χ3v) is 5.95. The van der Waals surface area contributed by atoms with Crippen LogP contribution in [0.3, 0.4) is 0 Å². The number of methoxy groups -OCH3 is 2. The fraction of sp³-hybridized carbons (Fsp3) is 0.320. The van der Waals surface area contributed by atoms with Gasteiger partial charge in [-0.1, -0.05) is 24.9 Å². The number of aryl methyl sites for hydroxylation is 1. The van der Waals surface area contributed by atoms with Crippen molar-refractivity contribution in [3.8, 4) is 28.7 Å². The van der Waals surface area contributed by atoms with Crippen LogP contribution in [0.4, 0.5) is 16.3 Å². The Kier molecular flexibility index (Phi) is 8.72. The highest BCUT2D eigenvalue weighted by Gasteiger charge is 2.22. The summed E-state index contributed by atoms with van der Waals surface area (Å²) in [6.45, 7) is 3.91. The minimum atomic E-state index is -0.374. The molecule has 0 amide bonds. The van der Waals surface area contributed by atoms with Gasteiger partial charge in [-0.25, -0.2) is 19.3 Å². The number of benzene rings is 1. The summed E-state index contributed by atoms with van der Waals surface area (Å²) < 4.78 is 28.0. The number of anilines is 2. The Bertz CT molecular complexity index is 1290. The fourth-order valence-electron chi connectivity index (χ4n) is 4.02. The van der Waals surface area contributed by atoms with Gasteiger partial charge in [-0.05, 0) is 50.5 Å². The number of hydrogen-bond donors (Lipinski definition) is 2. The van der Waals surface area contributed by atoms with E-state index in [0.717, 1.165) is 18.8 Å². The number of para-hydroxylation sites is 1. The van der Waals surface area contributed by atoms with E-state index in [2.05, 4.69) is 47.6 Å². The Morgan fingerprint density at radius 3 is 2.16 bits per heavy atom. The minimum absolute atomic E-state index is 0.374. The van der Waals surface area contributed by atoms with Crippen LogP contribution in [0, 0.1) is 12.7 Å². The molecule has 1 N–H and O–H groups in total. The second kappa shape index (κ2) is 12.3. The summed E-state index contributed by atoms with van der Waals surface area (Å²) in [4.78, 5) is 14.5. The van der Waals surface area contributed by atoms with E-state index in [-0.39, 0.29) is 5.82 Å². The van der Waals surface area contributed by atoms with Gasteiger partial charge in [0.05, 0.1) is 26.6 Å². The monoisotopic (exact) mass is 524 g/mol. The third kappa shape index (κ3) is 6.08. The molecule has 5 rings (SSSR count). The Hall–Kier alpha value is -3.93. The van der Waals surface area contributed by atoms with Gasteiger partial charge in [0.25, 0.3) is 0 Å². The SMILES string of the molecule is COc1cccc(OC)c1-n1c(NS)nnc1-c1cccc(C)n1.Fc1cnc(N2CCCCC2)nc1. The first-order chi connectivity index (χ1) is 18.0. The standard InChI is InChI=1S/C16H17N5O2S.C9H12FN3/c1-10-6-4-7-11(17-10)15-18-19-16(20-24)21(15)14-12(22-2)8-5-9-13(14)23-3;10-8-6-11-9(12-7-8)13-4-2-1-3-5-13/h4-9,24H,1-3H3,(H,19,20);6-7H,1-5H2. The summed E-state index contributed by atoms with van der Waals surface area (Å²) >= 11 is 4.13. The molecule has 1 aliphatic heterocycles. The van der Waals surface area contributed by atoms with E-state index >= 15 is 0 Å². The molecule has 12 heteroatoms. The number of rotatable bonds is 6. The molecule has 0 bridgehead atoms. The van der Waals surface area contributed by atoms with Crippen LogP contribution in [0.15, 0.2) is 48.8 Å². The zero-order chi connectivity index (χ0) is 26.2. The quantitative estimate of drug-likeness (QED) is 0.353. The first kappa shape index (κ1) is 26.1. The maximum absolute atomic E-state index is 12.5. The molecule has 37 heavy (non-hydrogen) atoms. The van der Waals surface area contributed by atoms with E-state index < -0.39 is 0 Å². The lowest BCUT2D eigenvalue weighted by atomic mass is 10.1.